The molecule has 4 N–H and O–H groups in total. The standard InChI is InChI=1S/C16H12Cl3N3O4/c17-10-5-12(19)13(6-11(10)18)22-14(23)7-26-15(24)8-1-3-9(4-2-8)21-16(20)25/h1-6H,7H2,(H,22,23)(H3,20,21,25). The minimum absolute atomic E-state index is 0.191. The number of hydrogen-bond donors (Lipinski definition) is 3. The minimum Gasteiger partial charge on any atom is -0.452 e. The number of carbonyl (C=O) groups is 3. The number of esters is 1. The lowest BCUT2D eigenvalue weighted by Crippen LogP contribution is -2.21. The first-order chi connectivity index (χ1) is 12.3. The lowest BCUT2D eigenvalue weighted by Gasteiger charge is -2.09. The Hall–Kier alpha value is -2.48. The molecule has 136 valence electrons. The molecule has 0 saturated carbocycles. The van der Waals surface area contributed by atoms with Crippen LogP contribution in [0.4, 0.5) is 16.2 Å². The summed E-state index contributed by atoms with van der Waals surface area (Å²) >= 11 is 17.6. The van der Waals surface area contributed by atoms with Crippen molar-refractivity contribution in [1.82, 2.24) is 0 Å². The van der Waals surface area contributed by atoms with Gasteiger partial charge in [0.15, 0.2) is 6.61 Å². The van der Waals surface area contributed by atoms with E-state index in [0.717, 1.165) is 0 Å². The second-order valence-corrected chi connectivity index (χ2v) is 6.16. The summed E-state index contributed by atoms with van der Waals surface area (Å²) in [5.74, 6) is -1.32. The number of amides is 3. The molecule has 0 radical (unpaired) electrons. The van der Waals surface area contributed by atoms with Crippen molar-refractivity contribution >= 4 is 64.1 Å². The summed E-state index contributed by atoms with van der Waals surface area (Å²) in [5.41, 5.74) is 5.84. The van der Waals surface area contributed by atoms with Gasteiger partial charge in [-0.05, 0) is 36.4 Å². The number of rotatable bonds is 5. The largest absolute Gasteiger partial charge is 0.452 e. The van der Waals surface area contributed by atoms with Crippen molar-refractivity contribution < 1.29 is 19.1 Å². The SMILES string of the molecule is NC(=O)Nc1ccc(C(=O)OCC(=O)Nc2cc(Cl)c(Cl)cc2Cl)cc1. The molecule has 0 heterocycles. The van der Waals surface area contributed by atoms with Crippen LogP contribution in [0.15, 0.2) is 36.4 Å². The molecular weight excluding hydrogens is 405 g/mol. The Kier molecular flexibility index (Phi) is 6.68. The summed E-state index contributed by atoms with van der Waals surface area (Å²) < 4.78 is 4.91. The second-order valence-electron chi connectivity index (χ2n) is 4.94. The molecule has 2 aromatic carbocycles. The van der Waals surface area contributed by atoms with Crippen LogP contribution in [0.5, 0.6) is 0 Å². The summed E-state index contributed by atoms with van der Waals surface area (Å²) in [6.07, 6.45) is 0. The van der Waals surface area contributed by atoms with Crippen molar-refractivity contribution in [1.29, 1.82) is 0 Å². The van der Waals surface area contributed by atoms with Crippen LogP contribution in [0.25, 0.3) is 0 Å². The molecule has 26 heavy (non-hydrogen) atoms. The smallest absolute Gasteiger partial charge is 0.338 e. The summed E-state index contributed by atoms with van der Waals surface area (Å²) in [6.45, 7) is -0.531. The number of nitrogens with one attached hydrogen (secondary N) is 2. The van der Waals surface area contributed by atoms with Crippen molar-refractivity contribution in [3.05, 3.63) is 57.0 Å². The van der Waals surface area contributed by atoms with Crippen molar-refractivity contribution in [2.24, 2.45) is 5.73 Å². The molecule has 0 aromatic heterocycles. The van der Waals surface area contributed by atoms with Gasteiger partial charge in [-0.2, -0.15) is 0 Å². The van der Waals surface area contributed by atoms with Crippen LogP contribution in [0.1, 0.15) is 10.4 Å². The van der Waals surface area contributed by atoms with Crippen LogP contribution < -0.4 is 16.4 Å². The normalized spacial score (nSPS) is 10.1. The van der Waals surface area contributed by atoms with Crippen molar-refractivity contribution in [3.8, 4) is 0 Å². The van der Waals surface area contributed by atoms with E-state index in [1.165, 1.54) is 36.4 Å². The third kappa shape index (κ3) is 5.52. The monoisotopic (exact) mass is 415 g/mol. The van der Waals surface area contributed by atoms with E-state index in [4.69, 9.17) is 45.3 Å². The maximum absolute atomic E-state index is 11.9. The predicted octanol–water partition coefficient (Wildman–Crippen LogP) is 3.93. The highest BCUT2D eigenvalue weighted by Gasteiger charge is 2.13. The lowest BCUT2D eigenvalue weighted by molar-refractivity contribution is -0.119. The van der Waals surface area contributed by atoms with Gasteiger partial charge in [0.25, 0.3) is 5.91 Å². The molecule has 0 aliphatic carbocycles. The van der Waals surface area contributed by atoms with Crippen molar-refractivity contribution in [2.75, 3.05) is 17.2 Å². The molecule has 0 bridgehead atoms. The Morgan fingerprint density at radius 3 is 2.15 bits per heavy atom. The first kappa shape index (κ1) is 19.8. The van der Waals surface area contributed by atoms with Gasteiger partial charge in [0, 0.05) is 5.69 Å². The molecule has 2 rings (SSSR count). The number of anilines is 2. The maximum atomic E-state index is 11.9. The minimum atomic E-state index is -0.724. The van der Waals surface area contributed by atoms with Gasteiger partial charge in [-0.25, -0.2) is 9.59 Å². The molecule has 0 aliphatic rings. The van der Waals surface area contributed by atoms with E-state index in [2.05, 4.69) is 10.6 Å². The van der Waals surface area contributed by atoms with Gasteiger partial charge in [-0.3, -0.25) is 4.79 Å². The van der Waals surface area contributed by atoms with Gasteiger partial charge in [0.1, 0.15) is 0 Å². The fraction of sp³-hybridized carbons (Fsp3) is 0.0625. The summed E-state index contributed by atoms with van der Waals surface area (Å²) in [7, 11) is 0. The molecule has 0 fully saturated rings. The average Bonchev–Trinajstić information content (AvgIpc) is 2.57. The van der Waals surface area contributed by atoms with E-state index >= 15 is 0 Å². The summed E-state index contributed by atoms with van der Waals surface area (Å²) in [6, 6.07) is 7.82. The Bertz CT molecular complexity index is 857. The van der Waals surface area contributed by atoms with E-state index in [-0.39, 0.29) is 26.3 Å². The third-order valence-corrected chi connectivity index (χ3v) is 4.04. The van der Waals surface area contributed by atoms with E-state index in [9.17, 15) is 14.4 Å². The molecule has 7 nitrogen and oxygen atoms in total. The average molecular weight is 417 g/mol. The van der Waals surface area contributed by atoms with Gasteiger partial charge in [-0.1, -0.05) is 34.8 Å². The van der Waals surface area contributed by atoms with Crippen LogP contribution in [0.3, 0.4) is 0 Å². The highest BCUT2D eigenvalue weighted by Crippen LogP contribution is 2.32. The Morgan fingerprint density at radius 1 is 0.923 bits per heavy atom. The number of halogens is 3. The number of benzene rings is 2. The Labute approximate surface area is 163 Å². The number of urea groups is 1. The fourth-order valence-corrected chi connectivity index (χ4v) is 2.45. The van der Waals surface area contributed by atoms with Crippen LogP contribution in [0.2, 0.25) is 15.1 Å². The van der Waals surface area contributed by atoms with E-state index in [0.29, 0.717) is 5.69 Å². The molecule has 0 unspecified atom stereocenters. The van der Waals surface area contributed by atoms with Crippen LogP contribution in [-0.4, -0.2) is 24.5 Å². The number of carbonyl (C=O) groups excluding carboxylic acids is 3. The molecule has 0 aliphatic heterocycles. The number of ether oxygens (including phenoxy) is 1. The van der Waals surface area contributed by atoms with Gasteiger partial charge in [0.05, 0.1) is 26.3 Å². The molecule has 0 saturated heterocycles. The van der Waals surface area contributed by atoms with E-state index in [1.807, 2.05) is 0 Å². The van der Waals surface area contributed by atoms with Crippen LogP contribution in [0, 0.1) is 0 Å². The molecular formula is C16H12Cl3N3O4. The summed E-state index contributed by atoms with van der Waals surface area (Å²) in [4.78, 5) is 34.5. The molecule has 0 spiro atoms. The number of hydrogen-bond acceptors (Lipinski definition) is 4. The zero-order valence-corrected chi connectivity index (χ0v) is 15.3. The second kappa shape index (κ2) is 8.75. The zero-order chi connectivity index (χ0) is 19.3. The van der Waals surface area contributed by atoms with Gasteiger partial charge in [-0.15, -0.1) is 0 Å². The molecule has 0 atom stereocenters. The van der Waals surface area contributed by atoms with Crippen LogP contribution in [-0.2, 0) is 9.53 Å². The van der Waals surface area contributed by atoms with Crippen molar-refractivity contribution in [2.45, 2.75) is 0 Å². The first-order valence-electron chi connectivity index (χ1n) is 7.04. The Balaban J connectivity index is 1.91. The van der Waals surface area contributed by atoms with Crippen molar-refractivity contribution in [3.63, 3.8) is 0 Å². The number of nitrogens with two attached hydrogens (primary N) is 1. The van der Waals surface area contributed by atoms with E-state index in [1.54, 1.807) is 0 Å². The third-order valence-electron chi connectivity index (χ3n) is 3.01. The highest BCUT2D eigenvalue weighted by atomic mass is 35.5. The van der Waals surface area contributed by atoms with Crippen LogP contribution >= 0.6 is 34.8 Å². The predicted molar refractivity (Wildman–Crippen MR) is 100 cm³/mol. The first-order valence-corrected chi connectivity index (χ1v) is 8.17. The van der Waals surface area contributed by atoms with Gasteiger partial charge >= 0.3 is 12.0 Å². The van der Waals surface area contributed by atoms with Gasteiger partial charge < -0.3 is 21.1 Å². The lowest BCUT2D eigenvalue weighted by atomic mass is 10.2. The summed E-state index contributed by atoms with van der Waals surface area (Å²) in [5, 5.41) is 5.47. The molecule has 10 heteroatoms. The van der Waals surface area contributed by atoms with E-state index < -0.39 is 24.5 Å². The zero-order valence-electron chi connectivity index (χ0n) is 13.0. The van der Waals surface area contributed by atoms with Gasteiger partial charge in [0.2, 0.25) is 0 Å². The Morgan fingerprint density at radius 2 is 1.54 bits per heavy atom. The molecule has 2 aromatic rings. The number of primary amides is 1. The quantitative estimate of drug-likeness (QED) is 0.506. The maximum Gasteiger partial charge on any atom is 0.338 e. The topological polar surface area (TPSA) is 111 Å². The highest BCUT2D eigenvalue weighted by molar-refractivity contribution is 6.44. The fourth-order valence-electron chi connectivity index (χ4n) is 1.85. The molecule has 3 amide bonds.